The lowest BCUT2D eigenvalue weighted by atomic mass is 9.44. The molecule has 2 N–H and O–H groups in total. The zero-order valence-electron chi connectivity index (χ0n) is 38.5. The molecule has 4 aliphatic rings. The fourth-order valence-corrected chi connectivity index (χ4v) is 13.5. The molecule has 0 radical (unpaired) electrons. The molecule has 7 rings (SSSR count). The van der Waals surface area contributed by atoms with Crippen LogP contribution in [-0.2, 0) is 15.1 Å². The first kappa shape index (κ1) is 45.5. The van der Waals surface area contributed by atoms with Crippen molar-refractivity contribution in [2.75, 3.05) is 27.4 Å². The first-order chi connectivity index (χ1) is 29.4. The zero-order valence-corrected chi connectivity index (χ0v) is 38.5. The number of benzene rings is 3. The predicted octanol–water partition coefficient (Wildman–Crippen LogP) is 12.4. The van der Waals surface area contributed by atoms with Gasteiger partial charge in [0, 0.05) is 6.54 Å². The first-order valence-electron chi connectivity index (χ1n) is 24.0. The van der Waals surface area contributed by atoms with Crippen molar-refractivity contribution in [3.05, 3.63) is 95.6 Å². The molecule has 334 valence electrons. The topological polar surface area (TPSA) is 86.2 Å². The summed E-state index contributed by atoms with van der Waals surface area (Å²) in [7, 11) is 3.32. The zero-order chi connectivity index (χ0) is 43.2. The summed E-state index contributed by atoms with van der Waals surface area (Å²) in [6.07, 6.45) is 15.3. The molecule has 3 aromatic carbocycles. The fourth-order valence-electron chi connectivity index (χ4n) is 13.5. The molecule has 10 atom stereocenters. The van der Waals surface area contributed by atoms with E-state index in [2.05, 4.69) is 52.1 Å². The fraction of sp³-hybridized carbons (Fsp3) is 0.648. The highest BCUT2D eigenvalue weighted by atomic mass is 16.6. The van der Waals surface area contributed by atoms with Crippen LogP contribution in [-0.4, -0.2) is 50.8 Å². The van der Waals surface area contributed by atoms with Crippen molar-refractivity contribution >= 4 is 6.09 Å². The van der Waals surface area contributed by atoms with Crippen molar-refractivity contribution in [2.45, 2.75) is 142 Å². The number of methoxy groups -OCH3 is 2. The summed E-state index contributed by atoms with van der Waals surface area (Å²) in [6, 6.07) is 26.1. The maximum atomic E-state index is 13.2. The molecule has 0 saturated heterocycles. The number of rotatable bonds is 18. The van der Waals surface area contributed by atoms with Crippen LogP contribution in [0.5, 0.6) is 11.5 Å². The van der Waals surface area contributed by atoms with E-state index in [4.69, 9.17) is 18.9 Å². The number of hydrogen-bond acceptors (Lipinski definition) is 6. The third-order valence-electron chi connectivity index (χ3n) is 16.8. The Kier molecular flexibility index (Phi) is 14.8. The van der Waals surface area contributed by atoms with Crippen LogP contribution in [0.1, 0.15) is 141 Å². The highest BCUT2D eigenvalue weighted by Gasteiger charge is 2.60. The molecule has 4 saturated carbocycles. The van der Waals surface area contributed by atoms with E-state index in [1.54, 1.807) is 14.2 Å². The van der Waals surface area contributed by atoms with Crippen molar-refractivity contribution in [3.63, 3.8) is 0 Å². The lowest BCUT2D eigenvalue weighted by Gasteiger charge is -2.61. The van der Waals surface area contributed by atoms with Gasteiger partial charge in [-0.1, -0.05) is 108 Å². The molecular formula is C54H77NO6. The van der Waals surface area contributed by atoms with Crippen LogP contribution in [0.3, 0.4) is 0 Å². The summed E-state index contributed by atoms with van der Waals surface area (Å²) >= 11 is 0. The molecule has 5 unspecified atom stereocenters. The minimum Gasteiger partial charge on any atom is -0.497 e. The third-order valence-corrected chi connectivity index (χ3v) is 16.8. The molecule has 7 nitrogen and oxygen atoms in total. The van der Waals surface area contributed by atoms with E-state index < -0.39 is 11.7 Å². The minimum absolute atomic E-state index is 0.0358. The highest BCUT2D eigenvalue weighted by molar-refractivity contribution is 5.67. The molecule has 61 heavy (non-hydrogen) atoms. The number of ether oxygens (including phenoxy) is 4. The Labute approximate surface area is 368 Å². The number of aliphatic hydroxyl groups excluding tert-OH is 1. The highest BCUT2D eigenvalue weighted by Crippen LogP contribution is 2.68. The monoisotopic (exact) mass is 836 g/mol. The maximum Gasteiger partial charge on any atom is 0.407 e. The van der Waals surface area contributed by atoms with Crippen molar-refractivity contribution in [1.82, 2.24) is 5.32 Å². The van der Waals surface area contributed by atoms with E-state index in [9.17, 15) is 9.90 Å². The first-order valence-corrected chi connectivity index (χ1v) is 24.0. The van der Waals surface area contributed by atoms with E-state index in [-0.39, 0.29) is 12.2 Å². The van der Waals surface area contributed by atoms with Gasteiger partial charge in [0.05, 0.1) is 26.9 Å². The van der Waals surface area contributed by atoms with E-state index >= 15 is 0 Å². The standard InChI is InChI=1S/C54H77NO6/c1-37(2)12-11-13-38(3)48-26-27-49-47-25-20-42-36-46(28-32-52(42,4)50(47)29-33-53(48,49)5)61-51(57)55-34-30-43(56)31-35-60-54(39-14-9-8-10-15-39,40-16-21-44(58-6)22-17-40)41-18-23-45(59-7)24-19-41/h8-10,14-19,21-24,37-38,42-43,46-50,56H,11-13,20,25-36H2,1-7H3,(H,55,57)/t38-,42?,43?,46+,47?,48-,49?,50?,52+,53-/m0/s1. The second-order valence-electron chi connectivity index (χ2n) is 20.5. The van der Waals surface area contributed by atoms with Crippen LogP contribution in [0.4, 0.5) is 4.79 Å². The summed E-state index contributed by atoms with van der Waals surface area (Å²) in [5, 5.41) is 14.1. The summed E-state index contributed by atoms with van der Waals surface area (Å²) in [6.45, 7) is 13.2. The summed E-state index contributed by atoms with van der Waals surface area (Å²) in [4.78, 5) is 13.2. The molecule has 3 aromatic rings. The molecule has 0 bridgehead atoms. The van der Waals surface area contributed by atoms with Crippen LogP contribution in [0.15, 0.2) is 78.9 Å². The Morgan fingerprint density at radius 2 is 1.36 bits per heavy atom. The van der Waals surface area contributed by atoms with Crippen LogP contribution < -0.4 is 14.8 Å². The molecule has 7 heteroatoms. The lowest BCUT2D eigenvalue weighted by molar-refractivity contribution is -0.129. The van der Waals surface area contributed by atoms with Crippen LogP contribution in [0.25, 0.3) is 0 Å². The second kappa shape index (κ2) is 19.9. The van der Waals surface area contributed by atoms with Gasteiger partial charge >= 0.3 is 6.09 Å². The normalized spacial score (nSPS) is 29.5. The molecular weight excluding hydrogens is 759 g/mol. The predicted molar refractivity (Wildman–Crippen MR) is 245 cm³/mol. The maximum absolute atomic E-state index is 13.2. The van der Waals surface area contributed by atoms with Gasteiger partial charge in [0.2, 0.25) is 0 Å². The van der Waals surface area contributed by atoms with Gasteiger partial charge in [0.1, 0.15) is 23.2 Å². The number of nitrogens with one attached hydrogen (secondary N) is 1. The van der Waals surface area contributed by atoms with E-state index in [0.29, 0.717) is 42.7 Å². The van der Waals surface area contributed by atoms with Crippen molar-refractivity contribution in [2.24, 2.45) is 52.3 Å². The minimum atomic E-state index is -0.945. The number of hydrogen-bond donors (Lipinski definition) is 2. The van der Waals surface area contributed by atoms with E-state index in [1.165, 1.54) is 57.8 Å². The molecule has 0 aromatic heterocycles. The van der Waals surface area contributed by atoms with Crippen molar-refractivity contribution in [1.29, 1.82) is 0 Å². The molecule has 4 fully saturated rings. The Hall–Kier alpha value is -3.55. The van der Waals surface area contributed by atoms with Gasteiger partial charge in [0.25, 0.3) is 0 Å². The Morgan fingerprint density at radius 3 is 2.00 bits per heavy atom. The SMILES string of the molecule is COc1ccc(C(OCCC(O)CCNC(=O)O[C@@H]2CC[C@]3(C)C(CCC4C3CC[C@]3(C)C4CC[C@H]3[C@@H](C)CCCC(C)C)C2)(c2ccccc2)c2ccc(OC)cc2)cc1. The smallest absolute Gasteiger partial charge is 0.407 e. The van der Waals surface area contributed by atoms with Gasteiger partial charge in [-0.05, 0) is 164 Å². The quantitative estimate of drug-likeness (QED) is 0.124. The van der Waals surface area contributed by atoms with Gasteiger partial charge < -0.3 is 29.4 Å². The Bertz CT molecular complexity index is 1780. The number of amides is 1. The van der Waals surface area contributed by atoms with Gasteiger partial charge in [-0.2, -0.15) is 0 Å². The summed E-state index contributed by atoms with van der Waals surface area (Å²) < 4.78 is 24.0. The Morgan fingerprint density at radius 1 is 0.738 bits per heavy atom. The van der Waals surface area contributed by atoms with Crippen molar-refractivity contribution in [3.8, 4) is 11.5 Å². The van der Waals surface area contributed by atoms with Crippen LogP contribution in [0, 0.1) is 52.3 Å². The number of aliphatic hydroxyl groups is 1. The molecule has 0 spiro atoms. The molecule has 4 aliphatic carbocycles. The number of carbonyl (C=O) groups excluding carboxylic acids is 1. The number of alkyl carbamates (subject to hydrolysis) is 1. The number of carbonyl (C=O) groups is 1. The van der Waals surface area contributed by atoms with Gasteiger partial charge in [-0.25, -0.2) is 4.79 Å². The average molecular weight is 836 g/mol. The van der Waals surface area contributed by atoms with Gasteiger partial charge in [-0.15, -0.1) is 0 Å². The lowest BCUT2D eigenvalue weighted by Crippen LogP contribution is -2.54. The van der Waals surface area contributed by atoms with Gasteiger partial charge in [0.15, 0.2) is 0 Å². The average Bonchev–Trinajstić information content (AvgIpc) is 3.63. The summed E-state index contributed by atoms with van der Waals surface area (Å²) in [5.41, 5.74) is 2.79. The van der Waals surface area contributed by atoms with E-state index in [1.807, 2.05) is 66.7 Å². The van der Waals surface area contributed by atoms with Gasteiger partial charge in [-0.3, -0.25) is 0 Å². The number of fused-ring (bicyclic) bond motifs is 5. The van der Waals surface area contributed by atoms with Crippen LogP contribution in [0.2, 0.25) is 0 Å². The second-order valence-corrected chi connectivity index (χ2v) is 20.5. The van der Waals surface area contributed by atoms with E-state index in [0.717, 1.165) is 83.0 Å². The van der Waals surface area contributed by atoms with Crippen molar-refractivity contribution < 1.29 is 28.8 Å². The molecule has 0 aliphatic heterocycles. The third kappa shape index (κ3) is 9.69. The van der Waals surface area contributed by atoms with Crippen LogP contribution >= 0.6 is 0 Å². The summed E-state index contributed by atoms with van der Waals surface area (Å²) in [5.74, 6) is 7.25. The largest absolute Gasteiger partial charge is 0.497 e. The Balaban J connectivity index is 0.895. The molecule has 1 amide bonds. The molecule has 0 heterocycles.